The smallest absolute Gasteiger partial charge is 0.222 e. The molecule has 0 fully saturated rings. The first kappa shape index (κ1) is 19.1. The fourth-order valence-electron chi connectivity index (χ4n) is 3.73. The summed E-state index contributed by atoms with van der Waals surface area (Å²) in [5.74, 6) is 1.44. The topological polar surface area (TPSA) is 72.2 Å². The molecule has 2 heterocycles. The molecule has 2 aromatic carbocycles. The summed E-state index contributed by atoms with van der Waals surface area (Å²) in [6, 6.07) is 14.2. The van der Waals surface area contributed by atoms with Crippen molar-refractivity contribution in [2.45, 2.75) is 40.2 Å². The maximum atomic E-state index is 12.4. The molecule has 0 aliphatic carbocycles. The van der Waals surface area contributed by atoms with Gasteiger partial charge in [-0.2, -0.15) is 0 Å². The van der Waals surface area contributed by atoms with Gasteiger partial charge in [-0.1, -0.05) is 41.5 Å². The average Bonchev–Trinajstić information content (AvgIpc) is 3.01. The third kappa shape index (κ3) is 3.58. The summed E-state index contributed by atoms with van der Waals surface area (Å²) in [6.07, 6.45) is 0.230. The number of carbonyl (C=O) groups excluding carboxylic acids is 1. The lowest BCUT2D eigenvalue weighted by Crippen LogP contribution is -2.25. The summed E-state index contributed by atoms with van der Waals surface area (Å²) in [7, 11) is 0. The largest absolute Gasteiger partial charge is 0.356 e. The quantitative estimate of drug-likeness (QED) is 0.743. The number of nitrogens with zero attached hydrogens (tertiary/aromatic N) is 4. The first-order chi connectivity index (χ1) is 14.0. The Labute approximate surface area is 170 Å². The van der Waals surface area contributed by atoms with Gasteiger partial charge in [0.25, 0.3) is 0 Å². The molecule has 0 saturated heterocycles. The van der Waals surface area contributed by atoms with Crippen LogP contribution in [0.1, 0.15) is 53.3 Å². The van der Waals surface area contributed by atoms with Crippen molar-refractivity contribution in [1.82, 2.24) is 20.1 Å². The number of hydrogen-bond acceptors (Lipinski definition) is 4. The summed E-state index contributed by atoms with van der Waals surface area (Å²) in [5.41, 5.74) is 6.27. The number of benzene rings is 2. The molecular weight excluding hydrogens is 362 g/mol. The second kappa shape index (κ2) is 7.62. The molecule has 0 spiro atoms. The predicted molar refractivity (Wildman–Crippen MR) is 114 cm³/mol. The van der Waals surface area contributed by atoms with Gasteiger partial charge in [-0.15, -0.1) is 10.2 Å². The van der Waals surface area contributed by atoms with Crippen LogP contribution in [0.25, 0.3) is 5.69 Å². The highest BCUT2D eigenvalue weighted by Gasteiger charge is 2.29. The molecule has 4 rings (SSSR count). The Morgan fingerprint density at radius 2 is 1.76 bits per heavy atom. The number of fused-ring (bicyclic) bond motifs is 3. The Hall–Kier alpha value is -3.28. The van der Waals surface area contributed by atoms with Crippen LogP contribution < -0.4 is 5.32 Å². The van der Waals surface area contributed by atoms with Gasteiger partial charge in [0.1, 0.15) is 11.9 Å². The van der Waals surface area contributed by atoms with Gasteiger partial charge >= 0.3 is 0 Å². The lowest BCUT2D eigenvalue weighted by atomic mass is 9.98. The highest BCUT2D eigenvalue weighted by molar-refractivity contribution is 6.15. The van der Waals surface area contributed by atoms with Crippen LogP contribution in [0, 0.1) is 20.8 Å². The zero-order valence-electron chi connectivity index (χ0n) is 17.2. The molecule has 0 radical (unpaired) electrons. The molecule has 29 heavy (non-hydrogen) atoms. The lowest BCUT2D eigenvalue weighted by Gasteiger charge is -2.13. The van der Waals surface area contributed by atoms with Crippen LogP contribution in [0.4, 0.5) is 0 Å². The van der Waals surface area contributed by atoms with E-state index < -0.39 is 6.04 Å². The Bertz CT molecular complexity index is 1090. The number of rotatable bonds is 4. The molecule has 3 aromatic rings. The van der Waals surface area contributed by atoms with Crippen LogP contribution in [-0.2, 0) is 4.79 Å². The zero-order valence-corrected chi connectivity index (χ0v) is 17.2. The maximum Gasteiger partial charge on any atom is 0.222 e. The molecule has 0 bridgehead atoms. The monoisotopic (exact) mass is 387 g/mol. The number of carbonyl (C=O) groups is 1. The molecule has 0 saturated carbocycles. The SMILES string of the molecule is CCNC(=O)C[C@@H]1N=C(c2ccc(C)cc2)c2cc(C)ccc2-n2c(C)nnc21. The van der Waals surface area contributed by atoms with E-state index in [2.05, 4.69) is 71.8 Å². The minimum Gasteiger partial charge on any atom is -0.356 e. The number of nitrogens with one attached hydrogen (secondary N) is 1. The lowest BCUT2D eigenvalue weighted by molar-refractivity contribution is -0.121. The third-order valence-corrected chi connectivity index (χ3v) is 5.16. The first-order valence-corrected chi connectivity index (χ1v) is 9.92. The Morgan fingerprint density at radius 1 is 1.03 bits per heavy atom. The van der Waals surface area contributed by atoms with Crippen molar-refractivity contribution < 1.29 is 4.79 Å². The maximum absolute atomic E-state index is 12.4. The predicted octanol–water partition coefficient (Wildman–Crippen LogP) is 3.61. The highest BCUT2D eigenvalue weighted by atomic mass is 16.1. The minimum atomic E-state index is -0.410. The molecule has 1 aliphatic heterocycles. The fraction of sp³-hybridized carbons (Fsp3) is 0.304. The van der Waals surface area contributed by atoms with Crippen LogP contribution in [0.3, 0.4) is 0 Å². The van der Waals surface area contributed by atoms with Crippen LogP contribution in [0.5, 0.6) is 0 Å². The van der Waals surface area contributed by atoms with Crippen LogP contribution in [-0.4, -0.2) is 32.9 Å². The molecule has 148 valence electrons. The molecule has 0 unspecified atom stereocenters. The van der Waals surface area contributed by atoms with Crippen molar-refractivity contribution in [2.75, 3.05) is 6.54 Å². The van der Waals surface area contributed by atoms with Crippen LogP contribution in [0.15, 0.2) is 47.5 Å². The molecule has 1 amide bonds. The minimum absolute atomic E-state index is 0.0427. The van der Waals surface area contributed by atoms with Gasteiger partial charge in [-0.3, -0.25) is 14.4 Å². The van der Waals surface area contributed by atoms with Crippen LogP contribution >= 0.6 is 0 Å². The summed E-state index contributed by atoms with van der Waals surface area (Å²) < 4.78 is 2.03. The third-order valence-electron chi connectivity index (χ3n) is 5.16. The van der Waals surface area contributed by atoms with Crippen molar-refractivity contribution in [1.29, 1.82) is 0 Å². The van der Waals surface area contributed by atoms with E-state index in [4.69, 9.17) is 4.99 Å². The Balaban J connectivity index is 1.95. The normalized spacial score (nSPS) is 15.2. The number of aromatic nitrogens is 3. The fourth-order valence-corrected chi connectivity index (χ4v) is 3.73. The van der Waals surface area contributed by atoms with Gasteiger partial charge in [-0.05, 0) is 39.8 Å². The second-order valence-electron chi connectivity index (χ2n) is 7.48. The average molecular weight is 387 g/mol. The van der Waals surface area contributed by atoms with Gasteiger partial charge in [0, 0.05) is 17.7 Å². The summed E-state index contributed by atoms with van der Waals surface area (Å²) >= 11 is 0. The molecule has 1 aliphatic rings. The van der Waals surface area contributed by atoms with E-state index in [1.165, 1.54) is 5.56 Å². The molecule has 1 atom stereocenters. The van der Waals surface area contributed by atoms with Gasteiger partial charge in [0.15, 0.2) is 5.82 Å². The number of aryl methyl sites for hydroxylation is 3. The molecule has 1 aromatic heterocycles. The van der Waals surface area contributed by atoms with Crippen LogP contribution in [0.2, 0.25) is 0 Å². The van der Waals surface area contributed by atoms with Crippen molar-refractivity contribution >= 4 is 11.6 Å². The molecular formula is C23H25N5O. The number of amides is 1. The summed E-state index contributed by atoms with van der Waals surface area (Å²) in [6.45, 7) is 8.58. The van der Waals surface area contributed by atoms with Crippen molar-refractivity contribution in [2.24, 2.45) is 4.99 Å². The van der Waals surface area contributed by atoms with Gasteiger partial charge in [-0.25, -0.2) is 0 Å². The van der Waals surface area contributed by atoms with E-state index >= 15 is 0 Å². The summed E-state index contributed by atoms with van der Waals surface area (Å²) in [5, 5.41) is 11.6. The van der Waals surface area contributed by atoms with E-state index in [0.29, 0.717) is 12.4 Å². The molecule has 6 nitrogen and oxygen atoms in total. The van der Waals surface area contributed by atoms with Crippen molar-refractivity contribution in [3.8, 4) is 5.69 Å². The van der Waals surface area contributed by atoms with Crippen molar-refractivity contribution in [3.05, 3.63) is 76.4 Å². The molecule has 6 heteroatoms. The van der Waals surface area contributed by atoms with Gasteiger partial charge in [0.05, 0.1) is 17.8 Å². The second-order valence-corrected chi connectivity index (χ2v) is 7.48. The van der Waals surface area contributed by atoms with E-state index in [1.807, 2.05) is 18.4 Å². The van der Waals surface area contributed by atoms with Crippen molar-refractivity contribution in [3.63, 3.8) is 0 Å². The highest BCUT2D eigenvalue weighted by Crippen LogP contribution is 2.33. The standard InChI is InChI=1S/C23H25N5O/c1-5-24-21(29)13-19-23-27-26-16(4)28(23)20-11-8-15(3)12-18(20)22(25-19)17-9-6-14(2)7-10-17/h6-12,19H,5,13H2,1-4H3,(H,24,29)/t19-/m0/s1. The van der Waals surface area contributed by atoms with E-state index in [0.717, 1.165) is 33.9 Å². The first-order valence-electron chi connectivity index (χ1n) is 9.92. The molecule has 1 N–H and O–H groups in total. The van der Waals surface area contributed by atoms with E-state index in [-0.39, 0.29) is 12.3 Å². The number of aliphatic imine (C=N–C) groups is 1. The summed E-state index contributed by atoms with van der Waals surface area (Å²) in [4.78, 5) is 17.5. The zero-order chi connectivity index (χ0) is 20.5. The Morgan fingerprint density at radius 3 is 2.48 bits per heavy atom. The van der Waals surface area contributed by atoms with E-state index in [1.54, 1.807) is 0 Å². The van der Waals surface area contributed by atoms with Gasteiger partial charge < -0.3 is 5.32 Å². The number of hydrogen-bond donors (Lipinski definition) is 1. The Kier molecular flexibility index (Phi) is 5.01. The van der Waals surface area contributed by atoms with Gasteiger partial charge in [0.2, 0.25) is 5.91 Å². The van der Waals surface area contributed by atoms with E-state index in [9.17, 15) is 4.79 Å².